The van der Waals surface area contributed by atoms with Gasteiger partial charge in [-0.15, -0.1) is 0 Å². The standard InChI is InChI=1S/C15H17BrFNO3/c1-15(14(20)21)5-3-2-4-12(15)18-13(19)9-6-10(16)8-11(17)7-9/h6-8,12H,2-5H2,1H3,(H,18,19)(H,20,21). The van der Waals surface area contributed by atoms with Crippen LogP contribution in [0.4, 0.5) is 4.39 Å². The number of carbonyl (C=O) groups is 2. The molecule has 1 aromatic carbocycles. The third-order valence-corrected chi connectivity index (χ3v) is 4.58. The number of benzene rings is 1. The fourth-order valence-electron chi connectivity index (χ4n) is 2.75. The van der Waals surface area contributed by atoms with E-state index in [0.717, 1.165) is 18.9 Å². The van der Waals surface area contributed by atoms with Gasteiger partial charge in [0, 0.05) is 16.1 Å². The van der Waals surface area contributed by atoms with E-state index in [1.54, 1.807) is 6.92 Å². The number of halogens is 2. The first-order valence-corrected chi connectivity index (χ1v) is 7.62. The average Bonchev–Trinajstić information content (AvgIpc) is 2.40. The van der Waals surface area contributed by atoms with Crippen LogP contribution in [0.15, 0.2) is 22.7 Å². The van der Waals surface area contributed by atoms with E-state index in [4.69, 9.17) is 0 Å². The fraction of sp³-hybridized carbons (Fsp3) is 0.467. The van der Waals surface area contributed by atoms with Crippen LogP contribution in [0.25, 0.3) is 0 Å². The zero-order valence-electron chi connectivity index (χ0n) is 11.7. The van der Waals surface area contributed by atoms with Gasteiger partial charge in [0.25, 0.3) is 5.91 Å². The second-order valence-corrected chi connectivity index (χ2v) is 6.57. The Morgan fingerprint density at radius 2 is 2.10 bits per heavy atom. The van der Waals surface area contributed by atoms with E-state index in [9.17, 15) is 19.1 Å². The van der Waals surface area contributed by atoms with Gasteiger partial charge in [-0.05, 0) is 38.0 Å². The number of rotatable bonds is 3. The van der Waals surface area contributed by atoms with Gasteiger partial charge in [0.05, 0.1) is 5.41 Å². The predicted octanol–water partition coefficient (Wildman–Crippen LogP) is 3.35. The Balaban J connectivity index is 2.19. The van der Waals surface area contributed by atoms with Crippen LogP contribution in [0.5, 0.6) is 0 Å². The third kappa shape index (κ3) is 3.43. The summed E-state index contributed by atoms with van der Waals surface area (Å²) in [6, 6.07) is 3.47. The molecule has 1 fully saturated rings. The molecule has 1 aliphatic rings. The van der Waals surface area contributed by atoms with Crippen LogP contribution in [-0.4, -0.2) is 23.0 Å². The average molecular weight is 358 g/mol. The summed E-state index contributed by atoms with van der Waals surface area (Å²) in [6.07, 6.45) is 2.85. The summed E-state index contributed by atoms with van der Waals surface area (Å²) in [5.41, 5.74) is -0.793. The molecule has 2 unspecified atom stereocenters. The number of amides is 1. The molecule has 1 saturated carbocycles. The van der Waals surface area contributed by atoms with Crippen molar-refractivity contribution in [1.82, 2.24) is 5.32 Å². The van der Waals surface area contributed by atoms with Crippen molar-refractivity contribution in [1.29, 1.82) is 0 Å². The van der Waals surface area contributed by atoms with Crippen molar-refractivity contribution in [2.24, 2.45) is 5.41 Å². The molecule has 114 valence electrons. The first kappa shape index (κ1) is 15.9. The van der Waals surface area contributed by atoms with E-state index < -0.39 is 29.2 Å². The second kappa shape index (κ2) is 6.13. The molecule has 0 saturated heterocycles. The molecule has 1 aliphatic carbocycles. The fourth-order valence-corrected chi connectivity index (χ4v) is 3.21. The summed E-state index contributed by atoms with van der Waals surface area (Å²) in [7, 11) is 0. The van der Waals surface area contributed by atoms with Crippen LogP contribution in [0.2, 0.25) is 0 Å². The summed E-state index contributed by atoms with van der Waals surface area (Å²) in [6.45, 7) is 1.65. The molecule has 0 aliphatic heterocycles. The largest absolute Gasteiger partial charge is 0.481 e. The highest BCUT2D eigenvalue weighted by molar-refractivity contribution is 9.10. The lowest BCUT2D eigenvalue weighted by molar-refractivity contribution is -0.151. The van der Waals surface area contributed by atoms with Gasteiger partial charge in [0.2, 0.25) is 0 Å². The summed E-state index contributed by atoms with van der Waals surface area (Å²) < 4.78 is 13.8. The van der Waals surface area contributed by atoms with Crippen LogP contribution < -0.4 is 5.32 Å². The normalized spacial score (nSPS) is 25.4. The highest BCUT2D eigenvalue weighted by Gasteiger charge is 2.43. The molecule has 6 heteroatoms. The molecule has 0 bridgehead atoms. The van der Waals surface area contributed by atoms with Gasteiger partial charge in [-0.25, -0.2) is 4.39 Å². The van der Waals surface area contributed by atoms with Crippen LogP contribution in [0.1, 0.15) is 43.0 Å². The van der Waals surface area contributed by atoms with Gasteiger partial charge in [0.15, 0.2) is 0 Å². The number of carbonyl (C=O) groups excluding carboxylic acids is 1. The summed E-state index contributed by atoms with van der Waals surface area (Å²) >= 11 is 3.14. The molecular weight excluding hydrogens is 341 g/mol. The van der Waals surface area contributed by atoms with Crippen molar-refractivity contribution < 1.29 is 19.1 Å². The maximum absolute atomic E-state index is 13.3. The van der Waals surface area contributed by atoms with Crippen LogP contribution in [0.3, 0.4) is 0 Å². The minimum Gasteiger partial charge on any atom is -0.481 e. The van der Waals surface area contributed by atoms with Crippen molar-refractivity contribution in [2.45, 2.75) is 38.6 Å². The van der Waals surface area contributed by atoms with Crippen molar-refractivity contribution in [3.8, 4) is 0 Å². The van der Waals surface area contributed by atoms with Gasteiger partial charge in [-0.3, -0.25) is 9.59 Å². The first-order chi connectivity index (χ1) is 9.83. The van der Waals surface area contributed by atoms with E-state index in [0.29, 0.717) is 17.3 Å². The Labute approximate surface area is 130 Å². The van der Waals surface area contributed by atoms with Gasteiger partial charge in [-0.2, -0.15) is 0 Å². The van der Waals surface area contributed by atoms with Gasteiger partial charge < -0.3 is 10.4 Å². The maximum Gasteiger partial charge on any atom is 0.311 e. The molecule has 0 spiro atoms. The molecule has 2 atom stereocenters. The SMILES string of the molecule is CC1(C(=O)O)CCCCC1NC(=O)c1cc(F)cc(Br)c1. The summed E-state index contributed by atoms with van der Waals surface area (Å²) in [5, 5.41) is 12.2. The lowest BCUT2D eigenvalue weighted by Crippen LogP contribution is -2.52. The van der Waals surface area contributed by atoms with Gasteiger partial charge in [-0.1, -0.05) is 28.8 Å². The number of hydrogen-bond acceptors (Lipinski definition) is 2. The zero-order valence-corrected chi connectivity index (χ0v) is 13.2. The highest BCUT2D eigenvalue weighted by atomic mass is 79.9. The Bertz CT molecular complexity index is 558. The third-order valence-electron chi connectivity index (χ3n) is 4.13. The number of nitrogens with one attached hydrogen (secondary N) is 1. The van der Waals surface area contributed by atoms with E-state index >= 15 is 0 Å². The van der Waals surface area contributed by atoms with E-state index in [1.165, 1.54) is 12.1 Å². The van der Waals surface area contributed by atoms with E-state index in [2.05, 4.69) is 21.2 Å². The van der Waals surface area contributed by atoms with Crippen LogP contribution >= 0.6 is 15.9 Å². The topological polar surface area (TPSA) is 66.4 Å². The Morgan fingerprint density at radius 3 is 2.71 bits per heavy atom. The molecule has 1 amide bonds. The van der Waals surface area contributed by atoms with Crippen molar-refractivity contribution in [3.63, 3.8) is 0 Å². The molecule has 0 aromatic heterocycles. The summed E-state index contributed by atoms with van der Waals surface area (Å²) in [4.78, 5) is 23.7. The molecule has 0 heterocycles. The van der Waals surface area contributed by atoms with Crippen LogP contribution in [-0.2, 0) is 4.79 Å². The maximum atomic E-state index is 13.3. The second-order valence-electron chi connectivity index (χ2n) is 5.65. The smallest absolute Gasteiger partial charge is 0.311 e. The number of hydrogen-bond donors (Lipinski definition) is 2. The molecule has 4 nitrogen and oxygen atoms in total. The zero-order chi connectivity index (χ0) is 15.6. The predicted molar refractivity (Wildman–Crippen MR) is 79.6 cm³/mol. The number of carboxylic acids is 1. The monoisotopic (exact) mass is 357 g/mol. The lowest BCUT2D eigenvalue weighted by Gasteiger charge is -2.38. The van der Waals surface area contributed by atoms with Gasteiger partial charge in [0.1, 0.15) is 5.82 Å². The lowest BCUT2D eigenvalue weighted by atomic mass is 9.71. The molecule has 2 N–H and O–H groups in total. The Morgan fingerprint density at radius 1 is 1.38 bits per heavy atom. The molecule has 0 radical (unpaired) electrons. The van der Waals surface area contributed by atoms with Crippen molar-refractivity contribution >= 4 is 27.8 Å². The van der Waals surface area contributed by atoms with Crippen molar-refractivity contribution in [3.05, 3.63) is 34.1 Å². The molecule has 21 heavy (non-hydrogen) atoms. The van der Waals surface area contributed by atoms with E-state index in [1.807, 2.05) is 0 Å². The van der Waals surface area contributed by atoms with Crippen molar-refractivity contribution in [2.75, 3.05) is 0 Å². The molecular formula is C15H17BrFNO3. The quantitative estimate of drug-likeness (QED) is 0.871. The van der Waals surface area contributed by atoms with E-state index in [-0.39, 0.29) is 5.56 Å². The minimum atomic E-state index is -0.974. The molecule has 2 rings (SSSR count). The van der Waals surface area contributed by atoms with Crippen LogP contribution in [0, 0.1) is 11.2 Å². The minimum absolute atomic E-state index is 0.181. The molecule has 1 aromatic rings. The number of carboxylic acid groups (broad SMARTS) is 1. The van der Waals surface area contributed by atoms with Gasteiger partial charge >= 0.3 is 5.97 Å². The summed E-state index contributed by atoms with van der Waals surface area (Å²) in [5.74, 6) is -1.87. The highest BCUT2D eigenvalue weighted by Crippen LogP contribution is 2.36. The number of aliphatic carboxylic acids is 1. The Kier molecular flexibility index (Phi) is 4.66. The first-order valence-electron chi connectivity index (χ1n) is 6.83. The Hall–Kier alpha value is -1.43.